The van der Waals surface area contributed by atoms with Crippen LogP contribution in [0.4, 0.5) is 0 Å². The molecule has 0 aliphatic rings. The number of carbonyl (C=O) groups excluding carboxylic acids is 1. The number of esters is 1. The van der Waals surface area contributed by atoms with Crippen LogP contribution in [-0.4, -0.2) is 19.2 Å². The Hall–Kier alpha value is -1.77. The van der Waals surface area contributed by atoms with Crippen LogP contribution in [0.2, 0.25) is 0 Å². The zero-order valence-corrected chi connectivity index (χ0v) is 12.1. The van der Waals surface area contributed by atoms with Crippen LogP contribution in [0.3, 0.4) is 0 Å². The van der Waals surface area contributed by atoms with Gasteiger partial charge in [-0.3, -0.25) is 0 Å². The van der Waals surface area contributed by atoms with Gasteiger partial charge in [0, 0.05) is 6.08 Å². The standard InChI is InChI=1S/C16H22O3/c1-5-18-16(17)7-6-10-19-14-8-9-15(12(2)3)13(4)11-14/h6-9,11-12H,5,10H2,1-4H3/b7-6+. The molecule has 0 bridgehead atoms. The molecule has 1 rings (SSSR count). The second-order valence-electron chi connectivity index (χ2n) is 4.64. The Morgan fingerprint density at radius 3 is 2.68 bits per heavy atom. The summed E-state index contributed by atoms with van der Waals surface area (Å²) in [5.74, 6) is 0.991. The lowest BCUT2D eigenvalue weighted by Gasteiger charge is -2.11. The molecule has 0 spiro atoms. The van der Waals surface area contributed by atoms with E-state index in [1.165, 1.54) is 17.2 Å². The van der Waals surface area contributed by atoms with Gasteiger partial charge in [-0.25, -0.2) is 4.79 Å². The van der Waals surface area contributed by atoms with Gasteiger partial charge < -0.3 is 9.47 Å². The van der Waals surface area contributed by atoms with Crippen LogP contribution in [-0.2, 0) is 9.53 Å². The van der Waals surface area contributed by atoms with Gasteiger partial charge in [-0.2, -0.15) is 0 Å². The van der Waals surface area contributed by atoms with E-state index in [0.29, 0.717) is 19.1 Å². The molecule has 0 aliphatic heterocycles. The molecule has 19 heavy (non-hydrogen) atoms. The van der Waals surface area contributed by atoms with Gasteiger partial charge in [-0.1, -0.05) is 19.9 Å². The second kappa shape index (κ2) is 7.62. The summed E-state index contributed by atoms with van der Waals surface area (Å²) in [6.07, 6.45) is 3.04. The topological polar surface area (TPSA) is 35.5 Å². The average molecular weight is 262 g/mol. The summed E-state index contributed by atoms with van der Waals surface area (Å²) in [5, 5.41) is 0. The second-order valence-corrected chi connectivity index (χ2v) is 4.64. The lowest BCUT2D eigenvalue weighted by molar-refractivity contribution is -0.137. The third kappa shape index (κ3) is 5.16. The third-order valence-electron chi connectivity index (χ3n) is 2.75. The SMILES string of the molecule is CCOC(=O)/C=C/COc1ccc(C(C)C)c(C)c1. The molecule has 1 aromatic rings. The average Bonchev–Trinajstić information content (AvgIpc) is 2.34. The van der Waals surface area contributed by atoms with Crippen molar-refractivity contribution in [3.05, 3.63) is 41.5 Å². The summed E-state index contributed by atoms with van der Waals surface area (Å²) in [7, 11) is 0. The van der Waals surface area contributed by atoms with E-state index in [9.17, 15) is 4.79 Å². The largest absolute Gasteiger partial charge is 0.490 e. The number of hydrogen-bond acceptors (Lipinski definition) is 3. The Kier molecular flexibility index (Phi) is 6.13. The summed E-state index contributed by atoms with van der Waals surface area (Å²) in [6, 6.07) is 6.07. The van der Waals surface area contributed by atoms with Crippen LogP contribution in [0, 0.1) is 6.92 Å². The Bertz CT molecular complexity index is 447. The van der Waals surface area contributed by atoms with Crippen molar-refractivity contribution in [2.24, 2.45) is 0 Å². The van der Waals surface area contributed by atoms with E-state index in [4.69, 9.17) is 9.47 Å². The first-order valence-corrected chi connectivity index (χ1v) is 6.61. The molecule has 0 amide bonds. The number of ether oxygens (including phenoxy) is 2. The minimum absolute atomic E-state index is 0.336. The first-order chi connectivity index (χ1) is 9.04. The Labute approximate surface area is 115 Å². The summed E-state index contributed by atoms with van der Waals surface area (Å²) >= 11 is 0. The molecule has 0 radical (unpaired) electrons. The molecule has 0 atom stereocenters. The van der Waals surface area contributed by atoms with E-state index >= 15 is 0 Å². The fourth-order valence-corrected chi connectivity index (χ4v) is 1.86. The molecule has 0 fully saturated rings. The van der Waals surface area contributed by atoms with Gasteiger partial charge in [0.15, 0.2) is 0 Å². The molecule has 3 nitrogen and oxygen atoms in total. The molecule has 1 aromatic carbocycles. The maximum absolute atomic E-state index is 11.1. The molecule has 0 saturated carbocycles. The first kappa shape index (κ1) is 15.3. The van der Waals surface area contributed by atoms with E-state index in [1.54, 1.807) is 13.0 Å². The van der Waals surface area contributed by atoms with E-state index in [1.807, 2.05) is 12.1 Å². The lowest BCUT2D eigenvalue weighted by atomic mass is 9.98. The molecule has 0 unspecified atom stereocenters. The van der Waals surface area contributed by atoms with Gasteiger partial charge in [0.2, 0.25) is 0 Å². The van der Waals surface area contributed by atoms with Crippen LogP contribution in [0.15, 0.2) is 30.4 Å². The van der Waals surface area contributed by atoms with E-state index in [0.717, 1.165) is 5.75 Å². The van der Waals surface area contributed by atoms with Crippen molar-refractivity contribution in [1.82, 2.24) is 0 Å². The molecular formula is C16H22O3. The van der Waals surface area contributed by atoms with Gasteiger partial charge in [-0.15, -0.1) is 0 Å². The summed E-state index contributed by atoms with van der Waals surface area (Å²) in [4.78, 5) is 11.1. The highest BCUT2D eigenvalue weighted by Gasteiger charge is 2.04. The highest BCUT2D eigenvalue weighted by atomic mass is 16.5. The minimum atomic E-state index is -0.336. The molecular weight excluding hydrogens is 240 g/mol. The van der Waals surface area contributed by atoms with Crippen molar-refractivity contribution in [2.45, 2.75) is 33.6 Å². The van der Waals surface area contributed by atoms with Crippen molar-refractivity contribution in [3.63, 3.8) is 0 Å². The number of rotatable bonds is 6. The Morgan fingerprint density at radius 1 is 1.37 bits per heavy atom. The Morgan fingerprint density at radius 2 is 2.11 bits per heavy atom. The normalized spacial score (nSPS) is 11.0. The van der Waals surface area contributed by atoms with Gasteiger partial charge in [0.1, 0.15) is 12.4 Å². The molecule has 3 heteroatoms. The first-order valence-electron chi connectivity index (χ1n) is 6.61. The fraction of sp³-hybridized carbons (Fsp3) is 0.438. The molecule has 0 aliphatic carbocycles. The van der Waals surface area contributed by atoms with Crippen LogP contribution >= 0.6 is 0 Å². The van der Waals surface area contributed by atoms with Crippen LogP contribution in [0.1, 0.15) is 37.8 Å². The van der Waals surface area contributed by atoms with Crippen LogP contribution in [0.25, 0.3) is 0 Å². The third-order valence-corrected chi connectivity index (χ3v) is 2.75. The molecule has 0 N–H and O–H groups in total. The van der Waals surface area contributed by atoms with Gasteiger partial charge in [-0.05, 0) is 49.1 Å². The van der Waals surface area contributed by atoms with Crippen molar-refractivity contribution in [2.75, 3.05) is 13.2 Å². The maximum atomic E-state index is 11.1. The van der Waals surface area contributed by atoms with Crippen LogP contribution < -0.4 is 4.74 Å². The van der Waals surface area contributed by atoms with Gasteiger partial charge in [0.25, 0.3) is 0 Å². The summed E-state index contributed by atoms with van der Waals surface area (Å²) in [6.45, 7) is 8.95. The smallest absolute Gasteiger partial charge is 0.330 e. The van der Waals surface area contributed by atoms with E-state index in [-0.39, 0.29) is 5.97 Å². The minimum Gasteiger partial charge on any atom is -0.490 e. The quantitative estimate of drug-likeness (QED) is 0.580. The number of carbonyl (C=O) groups is 1. The highest BCUT2D eigenvalue weighted by Crippen LogP contribution is 2.23. The summed E-state index contributed by atoms with van der Waals surface area (Å²) < 4.78 is 10.3. The van der Waals surface area contributed by atoms with Crippen LogP contribution in [0.5, 0.6) is 5.75 Å². The van der Waals surface area contributed by atoms with Gasteiger partial charge in [0.05, 0.1) is 6.61 Å². The number of hydrogen-bond donors (Lipinski definition) is 0. The van der Waals surface area contributed by atoms with Crippen molar-refractivity contribution < 1.29 is 14.3 Å². The lowest BCUT2D eigenvalue weighted by Crippen LogP contribution is -2.01. The predicted octanol–water partition coefficient (Wildman–Crippen LogP) is 3.62. The molecule has 0 saturated heterocycles. The molecule has 104 valence electrons. The van der Waals surface area contributed by atoms with Gasteiger partial charge >= 0.3 is 5.97 Å². The zero-order valence-electron chi connectivity index (χ0n) is 12.1. The zero-order chi connectivity index (χ0) is 14.3. The number of benzene rings is 1. The predicted molar refractivity (Wildman–Crippen MR) is 76.5 cm³/mol. The fourth-order valence-electron chi connectivity index (χ4n) is 1.86. The Balaban J connectivity index is 2.50. The molecule has 0 heterocycles. The highest BCUT2D eigenvalue weighted by molar-refractivity contribution is 5.81. The monoisotopic (exact) mass is 262 g/mol. The summed E-state index contributed by atoms with van der Waals surface area (Å²) in [5.41, 5.74) is 2.55. The van der Waals surface area contributed by atoms with Crippen molar-refractivity contribution in [1.29, 1.82) is 0 Å². The maximum Gasteiger partial charge on any atom is 0.330 e. The van der Waals surface area contributed by atoms with Crippen molar-refractivity contribution >= 4 is 5.97 Å². The molecule has 0 aromatic heterocycles. The van der Waals surface area contributed by atoms with E-state index < -0.39 is 0 Å². The van der Waals surface area contributed by atoms with Crippen molar-refractivity contribution in [3.8, 4) is 5.75 Å². The van der Waals surface area contributed by atoms with E-state index in [2.05, 4.69) is 26.8 Å². The number of aryl methyl sites for hydroxylation is 1.